The molecule has 84 valence electrons. The van der Waals surface area contributed by atoms with Crippen LogP contribution in [0.4, 0.5) is 0 Å². The van der Waals surface area contributed by atoms with Crippen LogP contribution in [0.15, 0.2) is 11.4 Å². The number of carbonyl (C=O) groups is 1. The molecule has 3 nitrogen and oxygen atoms in total. The Morgan fingerprint density at radius 1 is 1.75 bits per heavy atom. The molecule has 0 aromatic carbocycles. The molecule has 0 fully saturated rings. The number of hydrogen-bond donors (Lipinski definition) is 1. The third-order valence-electron chi connectivity index (χ3n) is 2.45. The molecule has 0 radical (unpaired) electrons. The number of ether oxygens (including phenoxy) is 1. The van der Waals surface area contributed by atoms with Gasteiger partial charge in [-0.25, -0.2) is 0 Å². The lowest BCUT2D eigenvalue weighted by Gasteiger charge is -2.22. The summed E-state index contributed by atoms with van der Waals surface area (Å²) in [6, 6.07) is 2.13. The molecule has 0 saturated heterocycles. The van der Waals surface area contributed by atoms with Gasteiger partial charge >= 0.3 is 0 Å². The van der Waals surface area contributed by atoms with Crippen molar-refractivity contribution in [2.45, 2.75) is 19.4 Å². The molecule has 0 aliphatic carbocycles. The lowest BCUT2D eigenvalue weighted by atomic mass is 10.1. The minimum absolute atomic E-state index is 0.00800. The van der Waals surface area contributed by atoms with Crippen molar-refractivity contribution in [3.8, 4) is 11.8 Å². The monoisotopic (exact) mass is 235 g/mol. The van der Waals surface area contributed by atoms with Gasteiger partial charge in [0, 0.05) is 11.4 Å². The van der Waals surface area contributed by atoms with E-state index in [9.17, 15) is 4.79 Å². The third-order valence-corrected chi connectivity index (χ3v) is 3.50. The van der Waals surface area contributed by atoms with Gasteiger partial charge in [0.15, 0.2) is 0 Å². The van der Waals surface area contributed by atoms with Crippen molar-refractivity contribution in [3.05, 3.63) is 21.9 Å². The van der Waals surface area contributed by atoms with E-state index in [1.807, 2.05) is 0 Å². The van der Waals surface area contributed by atoms with Gasteiger partial charge in [-0.05, 0) is 36.3 Å². The smallest absolute Gasteiger partial charge is 0.295 e. The second-order valence-electron chi connectivity index (χ2n) is 3.50. The summed E-state index contributed by atoms with van der Waals surface area (Å²) in [6.45, 7) is 2.87. The van der Waals surface area contributed by atoms with Gasteiger partial charge in [0.25, 0.3) is 5.91 Å². The molecule has 0 bridgehead atoms. The maximum Gasteiger partial charge on any atom is 0.295 e. The van der Waals surface area contributed by atoms with E-state index in [1.165, 1.54) is 10.4 Å². The summed E-state index contributed by atoms with van der Waals surface area (Å²) in [6.07, 6.45) is 0.962. The van der Waals surface area contributed by atoms with Crippen molar-refractivity contribution in [1.29, 1.82) is 0 Å². The molecule has 2 rings (SSSR count). The zero-order valence-corrected chi connectivity index (χ0v) is 9.89. The maximum atomic E-state index is 11.2. The van der Waals surface area contributed by atoms with Crippen LogP contribution in [-0.2, 0) is 16.0 Å². The van der Waals surface area contributed by atoms with Gasteiger partial charge in [0.2, 0.25) is 0 Å². The van der Waals surface area contributed by atoms with Crippen LogP contribution in [0.3, 0.4) is 0 Å². The van der Waals surface area contributed by atoms with Gasteiger partial charge in [0.05, 0.1) is 6.61 Å². The molecule has 2 heterocycles. The molecule has 1 aromatic rings. The molecule has 1 N–H and O–H groups in total. The van der Waals surface area contributed by atoms with E-state index in [1.54, 1.807) is 18.3 Å². The molecule has 1 aromatic heterocycles. The largest absolute Gasteiger partial charge is 0.370 e. The highest BCUT2D eigenvalue weighted by Crippen LogP contribution is 2.31. The summed E-state index contributed by atoms with van der Waals surface area (Å²) >= 11 is 1.69. The van der Waals surface area contributed by atoms with E-state index in [-0.39, 0.29) is 12.0 Å². The van der Waals surface area contributed by atoms with Crippen LogP contribution in [0, 0.1) is 11.8 Å². The summed E-state index contributed by atoms with van der Waals surface area (Å²) < 4.78 is 5.64. The number of fused-ring (bicyclic) bond motifs is 1. The summed E-state index contributed by atoms with van der Waals surface area (Å²) in [5.74, 6) is 4.78. The molecule has 1 atom stereocenters. The van der Waals surface area contributed by atoms with Crippen molar-refractivity contribution < 1.29 is 9.53 Å². The van der Waals surface area contributed by atoms with Crippen LogP contribution >= 0.6 is 11.3 Å². The number of rotatable bonds is 2. The number of hydrogen-bond acceptors (Lipinski definition) is 3. The van der Waals surface area contributed by atoms with Crippen LogP contribution in [-0.4, -0.2) is 19.1 Å². The van der Waals surface area contributed by atoms with Crippen LogP contribution < -0.4 is 5.32 Å². The zero-order valence-electron chi connectivity index (χ0n) is 9.08. The fraction of sp³-hybridized carbons (Fsp3) is 0.417. The lowest BCUT2D eigenvalue weighted by molar-refractivity contribution is -0.116. The van der Waals surface area contributed by atoms with Crippen molar-refractivity contribution in [3.63, 3.8) is 0 Å². The van der Waals surface area contributed by atoms with E-state index in [0.717, 1.165) is 13.0 Å². The molecular formula is C12H13NO2S. The van der Waals surface area contributed by atoms with E-state index < -0.39 is 0 Å². The molecular weight excluding hydrogens is 222 g/mol. The van der Waals surface area contributed by atoms with Crippen LogP contribution in [0.2, 0.25) is 0 Å². The second kappa shape index (κ2) is 5.15. The van der Waals surface area contributed by atoms with Crippen molar-refractivity contribution in [1.82, 2.24) is 5.32 Å². The fourth-order valence-corrected chi connectivity index (χ4v) is 2.72. The Labute approximate surface area is 98.8 Å². The predicted molar refractivity (Wildman–Crippen MR) is 63.2 cm³/mol. The lowest BCUT2D eigenvalue weighted by Crippen LogP contribution is -2.30. The Bertz CT molecular complexity index is 441. The first-order chi connectivity index (χ1) is 7.81. The van der Waals surface area contributed by atoms with Crippen molar-refractivity contribution in [2.24, 2.45) is 0 Å². The molecule has 4 heteroatoms. The molecule has 16 heavy (non-hydrogen) atoms. The Morgan fingerprint density at radius 3 is 3.44 bits per heavy atom. The van der Waals surface area contributed by atoms with Gasteiger partial charge in [-0.15, -0.1) is 11.3 Å². The van der Waals surface area contributed by atoms with Crippen LogP contribution in [0.1, 0.15) is 23.5 Å². The topological polar surface area (TPSA) is 38.3 Å². The summed E-state index contributed by atoms with van der Waals surface area (Å²) in [4.78, 5) is 12.4. The minimum Gasteiger partial charge on any atom is -0.370 e. The summed E-state index contributed by atoms with van der Waals surface area (Å²) in [7, 11) is 0. The first-order valence-corrected chi connectivity index (χ1v) is 6.07. The number of nitrogens with one attached hydrogen (secondary N) is 1. The summed E-state index contributed by atoms with van der Waals surface area (Å²) in [5, 5.41) is 4.82. The van der Waals surface area contributed by atoms with E-state index in [4.69, 9.17) is 4.74 Å². The Balaban J connectivity index is 1.97. The van der Waals surface area contributed by atoms with Gasteiger partial charge in [-0.3, -0.25) is 4.79 Å². The molecule has 1 amide bonds. The molecule has 0 saturated carbocycles. The number of carbonyl (C=O) groups excluding carboxylic acids is 1. The van der Waals surface area contributed by atoms with Gasteiger partial charge in [-0.2, -0.15) is 0 Å². The quantitative estimate of drug-likeness (QED) is 0.789. The number of amides is 1. The second-order valence-corrected chi connectivity index (χ2v) is 4.45. The first-order valence-electron chi connectivity index (χ1n) is 5.19. The average molecular weight is 235 g/mol. The van der Waals surface area contributed by atoms with Gasteiger partial charge in [0.1, 0.15) is 6.10 Å². The van der Waals surface area contributed by atoms with E-state index >= 15 is 0 Å². The van der Waals surface area contributed by atoms with Crippen molar-refractivity contribution >= 4 is 17.2 Å². The number of thiophene rings is 1. The predicted octanol–water partition coefficient (Wildman–Crippen LogP) is 1.50. The maximum absolute atomic E-state index is 11.2. The third kappa shape index (κ3) is 2.43. The molecule has 0 spiro atoms. The molecule has 1 unspecified atom stereocenters. The first kappa shape index (κ1) is 11.2. The van der Waals surface area contributed by atoms with Gasteiger partial charge in [-0.1, -0.05) is 5.92 Å². The average Bonchev–Trinajstić information content (AvgIpc) is 2.75. The van der Waals surface area contributed by atoms with E-state index in [0.29, 0.717) is 6.54 Å². The Hall–Kier alpha value is -1.31. The van der Waals surface area contributed by atoms with Gasteiger partial charge < -0.3 is 10.1 Å². The SMILES string of the molecule is CC#CC(=O)NCC1OCCc2ccsc21. The Kier molecular flexibility index (Phi) is 3.60. The highest BCUT2D eigenvalue weighted by molar-refractivity contribution is 7.10. The minimum atomic E-state index is -0.241. The fourth-order valence-electron chi connectivity index (χ4n) is 1.72. The summed E-state index contributed by atoms with van der Waals surface area (Å²) in [5.41, 5.74) is 1.34. The zero-order chi connectivity index (χ0) is 11.4. The molecule has 1 aliphatic heterocycles. The standard InChI is InChI=1S/C12H13NO2S/c1-2-3-11(14)13-8-10-12-9(4-6-15-10)5-7-16-12/h5,7,10H,4,6,8H2,1H3,(H,13,14). The highest BCUT2D eigenvalue weighted by atomic mass is 32.1. The van der Waals surface area contributed by atoms with Crippen molar-refractivity contribution in [2.75, 3.05) is 13.2 Å². The highest BCUT2D eigenvalue weighted by Gasteiger charge is 2.22. The normalized spacial score (nSPS) is 18.2. The van der Waals surface area contributed by atoms with Crippen LogP contribution in [0.25, 0.3) is 0 Å². The van der Waals surface area contributed by atoms with E-state index in [2.05, 4.69) is 28.6 Å². The Morgan fingerprint density at radius 2 is 2.62 bits per heavy atom. The van der Waals surface area contributed by atoms with Crippen LogP contribution in [0.5, 0.6) is 0 Å². The molecule has 1 aliphatic rings.